The standard InChI is InChI=1S/C16H18F2N4O/c1-22(15(23)12-7-16(17,18)10-20-12)9-14-19-8-13(21-14)11-5-3-2-4-6-11/h2-6,8,12,20H,7,9-10H2,1H3,(H,19,21). The Morgan fingerprint density at radius 3 is 2.78 bits per heavy atom. The van der Waals surface area contributed by atoms with E-state index in [9.17, 15) is 13.6 Å². The van der Waals surface area contributed by atoms with Gasteiger partial charge in [0.25, 0.3) is 5.92 Å². The van der Waals surface area contributed by atoms with E-state index in [0.717, 1.165) is 11.3 Å². The number of H-pyrrole nitrogens is 1. The van der Waals surface area contributed by atoms with Crippen LogP contribution in [0.1, 0.15) is 12.2 Å². The van der Waals surface area contributed by atoms with Gasteiger partial charge in [-0.2, -0.15) is 0 Å². The summed E-state index contributed by atoms with van der Waals surface area (Å²) in [7, 11) is 1.59. The van der Waals surface area contributed by atoms with E-state index in [1.807, 2.05) is 30.3 Å². The third kappa shape index (κ3) is 3.56. The lowest BCUT2D eigenvalue weighted by atomic mass is 10.1. The second-order valence-corrected chi connectivity index (χ2v) is 5.80. The Morgan fingerprint density at radius 1 is 1.39 bits per heavy atom. The van der Waals surface area contributed by atoms with Crippen LogP contribution in [0.2, 0.25) is 0 Å². The van der Waals surface area contributed by atoms with E-state index in [2.05, 4.69) is 15.3 Å². The van der Waals surface area contributed by atoms with Gasteiger partial charge in [0.05, 0.1) is 31.0 Å². The topological polar surface area (TPSA) is 61.0 Å². The van der Waals surface area contributed by atoms with Crippen molar-refractivity contribution < 1.29 is 13.6 Å². The molecule has 1 saturated heterocycles. The zero-order valence-electron chi connectivity index (χ0n) is 12.7. The summed E-state index contributed by atoms with van der Waals surface area (Å²) in [5.74, 6) is -2.55. The summed E-state index contributed by atoms with van der Waals surface area (Å²) in [5.41, 5.74) is 1.85. The van der Waals surface area contributed by atoms with Crippen molar-refractivity contribution in [2.45, 2.75) is 24.9 Å². The summed E-state index contributed by atoms with van der Waals surface area (Å²) in [6, 6.07) is 8.86. The van der Waals surface area contributed by atoms with E-state index in [0.29, 0.717) is 5.82 Å². The number of hydrogen-bond donors (Lipinski definition) is 2. The maximum atomic E-state index is 13.2. The molecule has 7 heteroatoms. The van der Waals surface area contributed by atoms with Gasteiger partial charge in [-0.3, -0.25) is 10.1 Å². The fraction of sp³-hybridized carbons (Fsp3) is 0.375. The number of halogens is 2. The Hall–Kier alpha value is -2.28. The first-order valence-electron chi connectivity index (χ1n) is 7.40. The summed E-state index contributed by atoms with van der Waals surface area (Å²) in [5, 5.41) is 2.57. The number of imidazole rings is 1. The molecule has 0 radical (unpaired) electrons. The van der Waals surface area contributed by atoms with Gasteiger partial charge in [0, 0.05) is 13.5 Å². The van der Waals surface area contributed by atoms with Crippen molar-refractivity contribution in [2.24, 2.45) is 0 Å². The molecule has 1 atom stereocenters. The summed E-state index contributed by atoms with van der Waals surface area (Å²) in [6.45, 7) is -0.203. The van der Waals surface area contributed by atoms with Crippen molar-refractivity contribution in [1.29, 1.82) is 0 Å². The monoisotopic (exact) mass is 320 g/mol. The highest BCUT2D eigenvalue weighted by molar-refractivity contribution is 5.82. The lowest BCUT2D eigenvalue weighted by molar-refractivity contribution is -0.133. The van der Waals surface area contributed by atoms with E-state index in [1.54, 1.807) is 13.2 Å². The first-order chi connectivity index (χ1) is 10.9. The van der Waals surface area contributed by atoms with E-state index < -0.39 is 24.9 Å². The van der Waals surface area contributed by atoms with Crippen molar-refractivity contribution in [2.75, 3.05) is 13.6 Å². The Labute approximate surface area is 132 Å². The Balaban J connectivity index is 1.63. The fourth-order valence-electron chi connectivity index (χ4n) is 2.67. The summed E-state index contributed by atoms with van der Waals surface area (Å²) in [4.78, 5) is 21.0. The van der Waals surface area contributed by atoms with E-state index >= 15 is 0 Å². The predicted octanol–water partition coefficient (Wildman–Crippen LogP) is 2.03. The molecule has 0 bridgehead atoms. The third-order valence-corrected chi connectivity index (χ3v) is 3.88. The molecule has 23 heavy (non-hydrogen) atoms. The van der Waals surface area contributed by atoms with Crippen LogP contribution in [0.25, 0.3) is 11.3 Å². The molecule has 1 unspecified atom stereocenters. The molecule has 5 nitrogen and oxygen atoms in total. The summed E-state index contributed by atoms with van der Waals surface area (Å²) >= 11 is 0. The van der Waals surface area contributed by atoms with Gasteiger partial charge in [0.1, 0.15) is 5.82 Å². The molecule has 1 aliphatic rings. The molecular weight excluding hydrogens is 302 g/mol. The second-order valence-electron chi connectivity index (χ2n) is 5.80. The third-order valence-electron chi connectivity index (χ3n) is 3.88. The zero-order valence-corrected chi connectivity index (χ0v) is 12.7. The van der Waals surface area contributed by atoms with Crippen LogP contribution in [0.3, 0.4) is 0 Å². The van der Waals surface area contributed by atoms with Crippen LogP contribution < -0.4 is 5.32 Å². The molecule has 1 amide bonds. The normalized spacial score (nSPS) is 19.7. The molecule has 1 aromatic carbocycles. The Bertz CT molecular complexity index is 686. The van der Waals surface area contributed by atoms with E-state index in [1.165, 1.54) is 4.90 Å². The maximum absolute atomic E-state index is 13.2. The molecule has 2 heterocycles. The minimum atomic E-state index is -2.81. The molecule has 0 spiro atoms. The average molecular weight is 320 g/mol. The van der Waals surface area contributed by atoms with Crippen molar-refractivity contribution in [3.05, 3.63) is 42.4 Å². The lowest BCUT2D eigenvalue weighted by Crippen LogP contribution is -2.41. The molecule has 1 fully saturated rings. The highest BCUT2D eigenvalue weighted by Crippen LogP contribution is 2.26. The number of rotatable bonds is 4. The van der Waals surface area contributed by atoms with E-state index in [4.69, 9.17) is 0 Å². The maximum Gasteiger partial charge on any atom is 0.262 e. The fourth-order valence-corrected chi connectivity index (χ4v) is 2.67. The number of carbonyl (C=O) groups excluding carboxylic acids is 1. The van der Waals surface area contributed by atoms with Crippen LogP contribution >= 0.6 is 0 Å². The smallest absolute Gasteiger partial charge is 0.262 e. The molecule has 2 aromatic rings. The second kappa shape index (κ2) is 6.08. The molecule has 0 saturated carbocycles. The van der Waals surface area contributed by atoms with Crippen molar-refractivity contribution in [3.8, 4) is 11.3 Å². The number of hydrogen-bond acceptors (Lipinski definition) is 3. The molecule has 3 rings (SSSR count). The molecule has 2 N–H and O–H groups in total. The van der Waals surface area contributed by atoms with Gasteiger partial charge in [0.2, 0.25) is 5.91 Å². The van der Waals surface area contributed by atoms with Gasteiger partial charge < -0.3 is 9.88 Å². The minimum Gasteiger partial charge on any atom is -0.341 e. The largest absolute Gasteiger partial charge is 0.341 e. The Morgan fingerprint density at radius 2 is 2.13 bits per heavy atom. The first kappa shape index (κ1) is 15.6. The molecule has 1 aromatic heterocycles. The number of benzene rings is 1. The average Bonchev–Trinajstić information content (AvgIpc) is 3.14. The number of aromatic nitrogens is 2. The van der Waals surface area contributed by atoms with Gasteiger partial charge in [0.15, 0.2) is 0 Å². The van der Waals surface area contributed by atoms with Gasteiger partial charge in [-0.05, 0) is 5.56 Å². The summed E-state index contributed by atoms with van der Waals surface area (Å²) in [6.07, 6.45) is 1.24. The minimum absolute atomic E-state index is 0.245. The quantitative estimate of drug-likeness (QED) is 0.906. The number of carbonyl (C=O) groups is 1. The van der Waals surface area contributed by atoms with Crippen LogP contribution in [0, 0.1) is 0 Å². The molecule has 122 valence electrons. The highest BCUT2D eigenvalue weighted by atomic mass is 19.3. The Kier molecular flexibility index (Phi) is 4.12. The van der Waals surface area contributed by atoms with Crippen LogP contribution in [-0.2, 0) is 11.3 Å². The van der Waals surface area contributed by atoms with Gasteiger partial charge in [-0.1, -0.05) is 30.3 Å². The molecular formula is C16H18F2N4O. The van der Waals surface area contributed by atoms with Gasteiger partial charge in [-0.25, -0.2) is 13.8 Å². The molecule has 0 aliphatic carbocycles. The number of alkyl halides is 2. The van der Waals surface area contributed by atoms with Crippen molar-refractivity contribution in [1.82, 2.24) is 20.2 Å². The number of amides is 1. The number of nitrogens with one attached hydrogen (secondary N) is 2. The zero-order chi connectivity index (χ0) is 16.4. The number of likely N-dealkylation sites (N-methyl/N-ethyl adjacent to an activating group) is 1. The predicted molar refractivity (Wildman–Crippen MR) is 81.9 cm³/mol. The number of aromatic amines is 1. The van der Waals surface area contributed by atoms with Crippen LogP contribution in [0.15, 0.2) is 36.5 Å². The van der Waals surface area contributed by atoms with Crippen molar-refractivity contribution in [3.63, 3.8) is 0 Å². The van der Waals surface area contributed by atoms with Crippen LogP contribution in [-0.4, -0.2) is 46.3 Å². The summed E-state index contributed by atoms with van der Waals surface area (Å²) < 4.78 is 26.4. The van der Waals surface area contributed by atoms with Gasteiger partial charge in [-0.15, -0.1) is 0 Å². The van der Waals surface area contributed by atoms with Crippen molar-refractivity contribution >= 4 is 5.91 Å². The lowest BCUT2D eigenvalue weighted by Gasteiger charge is -2.20. The van der Waals surface area contributed by atoms with Crippen LogP contribution in [0.5, 0.6) is 0 Å². The first-order valence-corrected chi connectivity index (χ1v) is 7.40. The van der Waals surface area contributed by atoms with Crippen LogP contribution in [0.4, 0.5) is 8.78 Å². The molecule has 1 aliphatic heterocycles. The SMILES string of the molecule is CN(Cc1ncc(-c2ccccc2)[nH]1)C(=O)C1CC(F)(F)CN1. The van der Waals surface area contributed by atoms with Gasteiger partial charge >= 0.3 is 0 Å². The highest BCUT2D eigenvalue weighted by Gasteiger charge is 2.43. The van der Waals surface area contributed by atoms with E-state index in [-0.39, 0.29) is 12.5 Å². The number of nitrogens with zero attached hydrogens (tertiary/aromatic N) is 2.